The van der Waals surface area contributed by atoms with Gasteiger partial charge in [0.15, 0.2) is 0 Å². The summed E-state index contributed by atoms with van der Waals surface area (Å²) in [6.45, 7) is 13.8. The summed E-state index contributed by atoms with van der Waals surface area (Å²) in [4.78, 5) is 11.6. The van der Waals surface area contributed by atoms with Gasteiger partial charge in [0, 0.05) is 5.57 Å². The Labute approximate surface area is 100 Å². The molecule has 0 aliphatic carbocycles. The van der Waals surface area contributed by atoms with Gasteiger partial charge in [-0.15, -0.1) is 0 Å². The van der Waals surface area contributed by atoms with Crippen molar-refractivity contribution in [3.8, 4) is 0 Å². The molecule has 94 valence electrons. The van der Waals surface area contributed by atoms with Crippen LogP contribution in [0.5, 0.6) is 0 Å². The van der Waals surface area contributed by atoms with Crippen LogP contribution in [0.15, 0.2) is 12.2 Å². The average molecular weight is 226 g/mol. The number of hydrogen-bond acceptors (Lipinski definition) is 2. The lowest BCUT2D eigenvalue weighted by Crippen LogP contribution is -2.39. The van der Waals surface area contributed by atoms with E-state index in [9.17, 15) is 4.79 Å². The Bertz CT molecular complexity index is 245. The van der Waals surface area contributed by atoms with Crippen molar-refractivity contribution >= 4 is 5.97 Å². The minimum absolute atomic E-state index is 0.265. The van der Waals surface area contributed by atoms with Gasteiger partial charge in [0.25, 0.3) is 0 Å². The molecule has 2 heteroatoms. The maximum Gasteiger partial charge on any atom is 0.333 e. The fourth-order valence-electron chi connectivity index (χ4n) is 2.03. The zero-order valence-electron chi connectivity index (χ0n) is 11.4. The van der Waals surface area contributed by atoms with Crippen molar-refractivity contribution in [3.63, 3.8) is 0 Å². The summed E-state index contributed by atoms with van der Waals surface area (Å²) in [5.74, 6) is 0.171. The van der Waals surface area contributed by atoms with Crippen LogP contribution in [-0.2, 0) is 9.53 Å². The Morgan fingerprint density at radius 1 is 1.38 bits per heavy atom. The van der Waals surface area contributed by atoms with Crippen LogP contribution in [0.3, 0.4) is 0 Å². The highest BCUT2D eigenvalue weighted by Crippen LogP contribution is 2.32. The second kappa shape index (κ2) is 6.72. The first-order chi connectivity index (χ1) is 7.41. The smallest absolute Gasteiger partial charge is 0.333 e. The van der Waals surface area contributed by atoms with Gasteiger partial charge in [-0.3, -0.25) is 0 Å². The maximum atomic E-state index is 11.6. The highest BCUT2D eigenvalue weighted by atomic mass is 16.6. The normalized spacial score (nSPS) is 16.3. The Kier molecular flexibility index (Phi) is 6.39. The van der Waals surface area contributed by atoms with E-state index in [4.69, 9.17) is 4.74 Å². The number of esters is 1. The molecular formula is C14H26O2. The molecule has 2 unspecified atom stereocenters. The lowest BCUT2D eigenvalue weighted by atomic mass is 9.81. The molecular weight excluding hydrogens is 200 g/mol. The molecule has 0 spiro atoms. The molecule has 0 bridgehead atoms. The van der Waals surface area contributed by atoms with E-state index in [1.54, 1.807) is 6.92 Å². The highest BCUT2D eigenvalue weighted by molar-refractivity contribution is 5.87. The van der Waals surface area contributed by atoms with Gasteiger partial charge >= 0.3 is 5.97 Å². The standard InChI is InChI=1S/C14H26O2/c1-7-10-12(8-2)14(6,9-3)16-13(15)11(4)5/h12H,4,7-10H2,1-3,5-6H3. The predicted molar refractivity (Wildman–Crippen MR) is 68.3 cm³/mol. The monoisotopic (exact) mass is 226 g/mol. The van der Waals surface area contributed by atoms with E-state index in [0.717, 1.165) is 25.7 Å². The molecule has 0 radical (unpaired) electrons. The largest absolute Gasteiger partial charge is 0.456 e. The predicted octanol–water partition coefficient (Wildman–Crippen LogP) is 4.10. The molecule has 0 heterocycles. The number of carbonyl (C=O) groups is 1. The molecule has 0 aromatic carbocycles. The van der Waals surface area contributed by atoms with E-state index in [0.29, 0.717) is 11.5 Å². The van der Waals surface area contributed by atoms with Gasteiger partial charge in [-0.05, 0) is 39.0 Å². The summed E-state index contributed by atoms with van der Waals surface area (Å²) in [7, 11) is 0. The van der Waals surface area contributed by atoms with Crippen molar-refractivity contribution in [2.75, 3.05) is 0 Å². The van der Waals surface area contributed by atoms with E-state index in [-0.39, 0.29) is 11.6 Å². The van der Waals surface area contributed by atoms with E-state index < -0.39 is 0 Å². The Morgan fingerprint density at radius 2 is 1.94 bits per heavy atom. The average Bonchev–Trinajstić information content (AvgIpc) is 2.25. The molecule has 0 fully saturated rings. The second-order valence-electron chi connectivity index (χ2n) is 4.73. The van der Waals surface area contributed by atoms with Crippen LogP contribution < -0.4 is 0 Å². The number of hydrogen-bond donors (Lipinski definition) is 0. The van der Waals surface area contributed by atoms with E-state index >= 15 is 0 Å². The molecule has 0 aromatic heterocycles. The second-order valence-corrected chi connectivity index (χ2v) is 4.73. The zero-order valence-corrected chi connectivity index (χ0v) is 11.4. The van der Waals surface area contributed by atoms with Gasteiger partial charge in [0.05, 0.1) is 0 Å². The lowest BCUT2D eigenvalue weighted by molar-refractivity contribution is -0.160. The summed E-state index contributed by atoms with van der Waals surface area (Å²) in [5, 5.41) is 0. The summed E-state index contributed by atoms with van der Waals surface area (Å²) in [6.07, 6.45) is 4.12. The van der Waals surface area contributed by atoms with Gasteiger partial charge < -0.3 is 4.74 Å². The molecule has 2 nitrogen and oxygen atoms in total. The summed E-state index contributed by atoms with van der Waals surface area (Å²) < 4.78 is 5.62. The molecule has 0 aliphatic heterocycles. The number of ether oxygens (including phenoxy) is 1. The van der Waals surface area contributed by atoms with Crippen molar-refractivity contribution < 1.29 is 9.53 Å². The third-order valence-corrected chi connectivity index (χ3v) is 3.37. The molecule has 0 N–H and O–H groups in total. The van der Waals surface area contributed by atoms with Crippen molar-refractivity contribution in [1.29, 1.82) is 0 Å². The molecule has 0 aromatic rings. The SMILES string of the molecule is C=C(C)C(=O)OC(C)(CC)C(CC)CCC. The first-order valence-corrected chi connectivity index (χ1v) is 6.30. The molecule has 16 heavy (non-hydrogen) atoms. The van der Waals surface area contributed by atoms with Crippen molar-refractivity contribution in [3.05, 3.63) is 12.2 Å². The summed E-state index contributed by atoms with van der Waals surface area (Å²) in [5.41, 5.74) is 0.131. The topological polar surface area (TPSA) is 26.3 Å². The Balaban J connectivity index is 4.73. The van der Waals surface area contributed by atoms with Crippen molar-refractivity contribution in [2.45, 2.75) is 65.9 Å². The van der Waals surface area contributed by atoms with Crippen LogP contribution in [-0.4, -0.2) is 11.6 Å². The van der Waals surface area contributed by atoms with Gasteiger partial charge in [0.1, 0.15) is 5.60 Å². The zero-order chi connectivity index (χ0) is 12.8. The van der Waals surface area contributed by atoms with Crippen LogP contribution in [0.2, 0.25) is 0 Å². The third kappa shape index (κ3) is 3.99. The summed E-state index contributed by atoms with van der Waals surface area (Å²) >= 11 is 0. The fraction of sp³-hybridized carbons (Fsp3) is 0.786. The Morgan fingerprint density at radius 3 is 2.25 bits per heavy atom. The van der Waals surface area contributed by atoms with E-state index in [1.807, 2.05) is 6.92 Å². The van der Waals surface area contributed by atoms with E-state index in [1.165, 1.54) is 0 Å². The highest BCUT2D eigenvalue weighted by Gasteiger charge is 2.34. The van der Waals surface area contributed by atoms with Gasteiger partial charge in [-0.2, -0.15) is 0 Å². The number of rotatable bonds is 7. The lowest BCUT2D eigenvalue weighted by Gasteiger charge is -2.36. The van der Waals surface area contributed by atoms with Gasteiger partial charge in [-0.1, -0.05) is 33.8 Å². The summed E-state index contributed by atoms with van der Waals surface area (Å²) in [6, 6.07) is 0. The molecule has 0 saturated heterocycles. The van der Waals surface area contributed by atoms with Crippen LogP contribution in [0.1, 0.15) is 60.3 Å². The first-order valence-electron chi connectivity index (χ1n) is 6.30. The molecule has 0 aliphatic rings. The van der Waals surface area contributed by atoms with Gasteiger partial charge in [-0.25, -0.2) is 4.79 Å². The maximum absolute atomic E-state index is 11.6. The third-order valence-electron chi connectivity index (χ3n) is 3.37. The van der Waals surface area contributed by atoms with Crippen LogP contribution >= 0.6 is 0 Å². The van der Waals surface area contributed by atoms with Crippen LogP contribution in [0.4, 0.5) is 0 Å². The van der Waals surface area contributed by atoms with Crippen LogP contribution in [0, 0.1) is 5.92 Å². The van der Waals surface area contributed by atoms with Crippen LogP contribution in [0.25, 0.3) is 0 Å². The Hall–Kier alpha value is -0.790. The van der Waals surface area contributed by atoms with Crippen molar-refractivity contribution in [1.82, 2.24) is 0 Å². The minimum atomic E-state index is -0.346. The quantitative estimate of drug-likeness (QED) is 0.482. The fourth-order valence-corrected chi connectivity index (χ4v) is 2.03. The number of carbonyl (C=O) groups excluding carboxylic acids is 1. The van der Waals surface area contributed by atoms with Crippen molar-refractivity contribution in [2.24, 2.45) is 5.92 Å². The molecule has 0 rings (SSSR count). The molecule has 2 atom stereocenters. The molecule has 0 amide bonds. The minimum Gasteiger partial charge on any atom is -0.456 e. The molecule has 0 saturated carbocycles. The van der Waals surface area contributed by atoms with E-state index in [2.05, 4.69) is 27.4 Å². The first kappa shape index (κ1) is 15.2. The van der Waals surface area contributed by atoms with Gasteiger partial charge in [0.2, 0.25) is 0 Å².